The first-order valence-electron chi connectivity index (χ1n) is 8.61. The van der Waals surface area contributed by atoms with E-state index in [1.807, 2.05) is 45.0 Å². The Morgan fingerprint density at radius 1 is 1.26 bits per heavy atom. The van der Waals surface area contributed by atoms with Crippen LogP contribution in [0.4, 0.5) is 5.69 Å². The predicted octanol–water partition coefficient (Wildman–Crippen LogP) is 4.33. The van der Waals surface area contributed by atoms with Gasteiger partial charge in [-0.05, 0) is 25.5 Å². The van der Waals surface area contributed by atoms with E-state index >= 15 is 0 Å². The maximum atomic E-state index is 12.5. The molecule has 0 fully saturated rings. The van der Waals surface area contributed by atoms with Crippen LogP contribution in [0.1, 0.15) is 23.9 Å². The van der Waals surface area contributed by atoms with E-state index < -0.39 is 0 Å². The van der Waals surface area contributed by atoms with E-state index in [4.69, 9.17) is 23.2 Å². The van der Waals surface area contributed by atoms with Gasteiger partial charge in [0.15, 0.2) is 0 Å². The molecule has 1 atom stereocenters. The first-order valence-corrected chi connectivity index (χ1v) is 9.37. The molecule has 0 bridgehead atoms. The van der Waals surface area contributed by atoms with Crippen LogP contribution in [0.15, 0.2) is 36.7 Å². The lowest BCUT2D eigenvalue weighted by Crippen LogP contribution is -2.25. The second-order valence-corrected chi connectivity index (χ2v) is 7.36. The quantitative estimate of drug-likeness (QED) is 0.663. The standard InChI is InChI=1S/C19H21Cl2N5O/c1-12(9-26-14(3)18(21)13(2)24-26)19(27)23-16-8-22-25(11-16)10-15-6-4-5-7-17(15)20/h4-8,11-12H,9-10H2,1-3H3,(H,23,27). The summed E-state index contributed by atoms with van der Waals surface area (Å²) in [6.07, 6.45) is 3.41. The number of aromatic nitrogens is 4. The third-order valence-corrected chi connectivity index (χ3v) is 5.29. The van der Waals surface area contributed by atoms with Gasteiger partial charge in [0, 0.05) is 11.2 Å². The van der Waals surface area contributed by atoms with E-state index in [0.29, 0.717) is 28.8 Å². The molecule has 0 radical (unpaired) electrons. The van der Waals surface area contributed by atoms with Gasteiger partial charge in [-0.3, -0.25) is 14.2 Å². The fourth-order valence-corrected chi connectivity index (χ4v) is 3.11. The van der Waals surface area contributed by atoms with Gasteiger partial charge in [-0.2, -0.15) is 10.2 Å². The minimum Gasteiger partial charge on any atom is -0.323 e. The molecule has 2 aromatic heterocycles. The Kier molecular flexibility index (Phi) is 5.87. The average molecular weight is 406 g/mol. The number of nitrogens with one attached hydrogen (secondary N) is 1. The molecular formula is C19H21Cl2N5O. The minimum atomic E-state index is -0.272. The molecule has 1 N–H and O–H groups in total. The second kappa shape index (κ2) is 8.15. The monoisotopic (exact) mass is 405 g/mol. The van der Waals surface area contributed by atoms with Gasteiger partial charge in [-0.15, -0.1) is 0 Å². The number of aryl methyl sites for hydroxylation is 1. The molecule has 0 aliphatic rings. The van der Waals surface area contributed by atoms with E-state index in [9.17, 15) is 4.79 Å². The molecule has 142 valence electrons. The van der Waals surface area contributed by atoms with Crippen molar-refractivity contribution < 1.29 is 4.79 Å². The Balaban J connectivity index is 1.61. The summed E-state index contributed by atoms with van der Waals surface area (Å²) >= 11 is 12.3. The highest BCUT2D eigenvalue weighted by atomic mass is 35.5. The first kappa shape index (κ1) is 19.5. The molecule has 1 amide bonds. The predicted molar refractivity (Wildman–Crippen MR) is 107 cm³/mol. The molecule has 27 heavy (non-hydrogen) atoms. The van der Waals surface area contributed by atoms with Gasteiger partial charge in [0.1, 0.15) is 0 Å². The van der Waals surface area contributed by atoms with Crippen molar-refractivity contribution >= 4 is 34.8 Å². The highest BCUT2D eigenvalue weighted by Crippen LogP contribution is 2.20. The van der Waals surface area contributed by atoms with Gasteiger partial charge in [-0.25, -0.2) is 0 Å². The van der Waals surface area contributed by atoms with E-state index in [0.717, 1.165) is 17.0 Å². The Morgan fingerprint density at radius 2 is 2.00 bits per heavy atom. The van der Waals surface area contributed by atoms with Crippen molar-refractivity contribution in [2.24, 2.45) is 5.92 Å². The zero-order valence-corrected chi connectivity index (χ0v) is 16.9. The zero-order valence-electron chi connectivity index (χ0n) is 15.4. The Labute approximate surface area is 168 Å². The number of hydrogen-bond donors (Lipinski definition) is 1. The van der Waals surface area contributed by atoms with Crippen molar-refractivity contribution in [3.05, 3.63) is 63.7 Å². The molecule has 2 heterocycles. The maximum Gasteiger partial charge on any atom is 0.229 e. The van der Waals surface area contributed by atoms with Crippen molar-refractivity contribution in [1.29, 1.82) is 0 Å². The number of carbonyl (C=O) groups excluding carboxylic acids is 1. The van der Waals surface area contributed by atoms with Crippen LogP contribution in [0.5, 0.6) is 0 Å². The van der Waals surface area contributed by atoms with Gasteiger partial charge in [0.05, 0.1) is 47.3 Å². The summed E-state index contributed by atoms with van der Waals surface area (Å²) in [5, 5.41) is 12.9. The van der Waals surface area contributed by atoms with Crippen LogP contribution in [0.25, 0.3) is 0 Å². The molecule has 0 spiro atoms. The highest BCUT2D eigenvalue weighted by Gasteiger charge is 2.18. The molecule has 1 unspecified atom stereocenters. The molecule has 1 aromatic carbocycles. The van der Waals surface area contributed by atoms with Gasteiger partial charge in [0.25, 0.3) is 0 Å². The van der Waals surface area contributed by atoms with Gasteiger partial charge in [-0.1, -0.05) is 48.3 Å². The lowest BCUT2D eigenvalue weighted by atomic mass is 10.1. The lowest BCUT2D eigenvalue weighted by Gasteiger charge is -2.12. The number of hydrogen-bond acceptors (Lipinski definition) is 3. The van der Waals surface area contributed by atoms with Crippen LogP contribution >= 0.6 is 23.2 Å². The molecule has 8 heteroatoms. The summed E-state index contributed by atoms with van der Waals surface area (Å²) in [5.74, 6) is -0.373. The first-order chi connectivity index (χ1) is 12.8. The number of carbonyl (C=O) groups is 1. The minimum absolute atomic E-state index is 0.101. The number of amides is 1. The van der Waals surface area contributed by atoms with Crippen LogP contribution < -0.4 is 5.32 Å². The smallest absolute Gasteiger partial charge is 0.229 e. The largest absolute Gasteiger partial charge is 0.323 e. The third-order valence-electron chi connectivity index (χ3n) is 4.38. The third kappa shape index (κ3) is 4.51. The molecule has 0 saturated heterocycles. The molecular weight excluding hydrogens is 385 g/mol. The van der Waals surface area contributed by atoms with Crippen LogP contribution in [0.3, 0.4) is 0 Å². The molecule has 6 nitrogen and oxygen atoms in total. The molecule has 3 aromatic rings. The summed E-state index contributed by atoms with van der Waals surface area (Å²) < 4.78 is 3.50. The lowest BCUT2D eigenvalue weighted by molar-refractivity contribution is -0.119. The van der Waals surface area contributed by atoms with Crippen LogP contribution in [0.2, 0.25) is 10.0 Å². The van der Waals surface area contributed by atoms with Gasteiger partial charge >= 0.3 is 0 Å². The highest BCUT2D eigenvalue weighted by molar-refractivity contribution is 6.32. The van der Waals surface area contributed by atoms with Crippen molar-refractivity contribution in [3.63, 3.8) is 0 Å². The van der Waals surface area contributed by atoms with Crippen molar-refractivity contribution in [3.8, 4) is 0 Å². The van der Waals surface area contributed by atoms with E-state index in [-0.39, 0.29) is 11.8 Å². The molecule has 0 aliphatic carbocycles. The number of nitrogens with zero attached hydrogens (tertiary/aromatic N) is 4. The van der Waals surface area contributed by atoms with Crippen LogP contribution in [-0.4, -0.2) is 25.5 Å². The Bertz CT molecular complexity index is 963. The van der Waals surface area contributed by atoms with Crippen LogP contribution in [-0.2, 0) is 17.9 Å². The normalized spacial score (nSPS) is 12.2. The molecule has 0 saturated carbocycles. The van der Waals surface area contributed by atoms with E-state index in [1.54, 1.807) is 21.8 Å². The molecule has 3 rings (SSSR count). The number of halogens is 2. The fourth-order valence-electron chi connectivity index (χ4n) is 2.78. The summed E-state index contributed by atoms with van der Waals surface area (Å²) in [7, 11) is 0. The topological polar surface area (TPSA) is 64.7 Å². The average Bonchev–Trinajstić information content (AvgIpc) is 3.17. The number of anilines is 1. The number of benzene rings is 1. The summed E-state index contributed by atoms with van der Waals surface area (Å²) in [6, 6.07) is 7.61. The Hall–Kier alpha value is -2.31. The van der Waals surface area contributed by atoms with E-state index in [1.165, 1.54) is 0 Å². The summed E-state index contributed by atoms with van der Waals surface area (Å²) in [6.45, 7) is 6.60. The van der Waals surface area contributed by atoms with Crippen molar-refractivity contribution in [2.75, 3.05) is 5.32 Å². The van der Waals surface area contributed by atoms with Gasteiger partial charge < -0.3 is 5.32 Å². The SMILES string of the molecule is Cc1nn(CC(C)C(=O)Nc2cnn(Cc3ccccc3Cl)c2)c(C)c1Cl. The fraction of sp³-hybridized carbons (Fsp3) is 0.316. The summed E-state index contributed by atoms with van der Waals surface area (Å²) in [4.78, 5) is 12.5. The van der Waals surface area contributed by atoms with Crippen molar-refractivity contribution in [1.82, 2.24) is 19.6 Å². The second-order valence-electron chi connectivity index (χ2n) is 6.58. The Morgan fingerprint density at radius 3 is 2.67 bits per heavy atom. The van der Waals surface area contributed by atoms with Crippen LogP contribution in [0, 0.1) is 19.8 Å². The van der Waals surface area contributed by atoms with Gasteiger partial charge in [0.2, 0.25) is 5.91 Å². The van der Waals surface area contributed by atoms with E-state index in [2.05, 4.69) is 15.5 Å². The van der Waals surface area contributed by atoms with Crippen molar-refractivity contribution in [2.45, 2.75) is 33.9 Å². The summed E-state index contributed by atoms with van der Waals surface area (Å²) in [5.41, 5.74) is 3.24. The molecule has 0 aliphatic heterocycles. The maximum absolute atomic E-state index is 12.5. The zero-order chi connectivity index (χ0) is 19.6. The number of rotatable bonds is 6.